The van der Waals surface area contributed by atoms with E-state index in [1.165, 1.54) is 5.57 Å². The Morgan fingerprint density at radius 1 is 1.11 bits per heavy atom. The normalized spacial score (nSPS) is 15.9. The number of hydrogen-bond donors (Lipinski definition) is 1. The van der Waals surface area contributed by atoms with Gasteiger partial charge in [0.1, 0.15) is 5.75 Å². The molecule has 4 nitrogen and oxygen atoms in total. The third kappa shape index (κ3) is 10.4. The van der Waals surface area contributed by atoms with Gasteiger partial charge in [0.05, 0.1) is 34.0 Å². The van der Waals surface area contributed by atoms with Crippen LogP contribution >= 0.6 is 0 Å². The van der Waals surface area contributed by atoms with Crippen molar-refractivity contribution < 1.29 is 19.3 Å². The fourth-order valence-corrected chi connectivity index (χ4v) is 4.82. The van der Waals surface area contributed by atoms with Gasteiger partial charge in [0.25, 0.3) is 0 Å². The Morgan fingerprint density at radius 2 is 1.75 bits per heavy atom. The summed E-state index contributed by atoms with van der Waals surface area (Å²) in [6.07, 6.45) is 2.02. The molecule has 3 atom stereocenters. The molecule has 5 heteroatoms. The molecule has 0 spiro atoms. The molecular formula is C23H40O4Si. The fraction of sp³-hybridized carbons (Fsp3) is 0.652. The van der Waals surface area contributed by atoms with Gasteiger partial charge in [-0.25, -0.2) is 0 Å². The zero-order valence-electron chi connectivity index (χ0n) is 18.8. The maximum absolute atomic E-state index is 10.5. The molecule has 1 rings (SSSR count). The summed E-state index contributed by atoms with van der Waals surface area (Å²) in [6.45, 7) is 12.5. The lowest BCUT2D eigenvalue weighted by Gasteiger charge is -2.23. The van der Waals surface area contributed by atoms with E-state index < -0.39 is 8.07 Å². The Balaban J connectivity index is 2.32. The summed E-state index contributed by atoms with van der Waals surface area (Å²) in [5.41, 5.74) is 4.75. The number of benzene rings is 1. The van der Waals surface area contributed by atoms with Gasteiger partial charge >= 0.3 is 0 Å². The van der Waals surface area contributed by atoms with Gasteiger partial charge in [-0.3, -0.25) is 0 Å². The van der Waals surface area contributed by atoms with Crippen LogP contribution in [0, 0.1) is 5.92 Å². The molecule has 0 radical (unpaired) electrons. The topological polar surface area (TPSA) is 47.9 Å². The molecule has 1 aromatic carbocycles. The SMILES string of the molecule is COc1ccc(COC[C@H](C)CC[C@H](O)C[C@H](OC)/C(C)=C/[Si](C)(C)C)cc1. The smallest absolute Gasteiger partial charge is 0.118 e. The van der Waals surface area contributed by atoms with E-state index in [1.54, 1.807) is 14.2 Å². The minimum Gasteiger partial charge on any atom is -0.497 e. The second kappa shape index (κ2) is 12.4. The van der Waals surface area contributed by atoms with E-state index in [0.29, 0.717) is 25.6 Å². The summed E-state index contributed by atoms with van der Waals surface area (Å²) in [5.74, 6) is 1.27. The van der Waals surface area contributed by atoms with Gasteiger partial charge in [-0.2, -0.15) is 0 Å². The molecule has 1 N–H and O–H groups in total. The van der Waals surface area contributed by atoms with Crippen molar-refractivity contribution in [3.63, 3.8) is 0 Å². The van der Waals surface area contributed by atoms with Crippen LogP contribution in [0.25, 0.3) is 0 Å². The number of ether oxygens (including phenoxy) is 3. The molecule has 0 bridgehead atoms. The molecule has 0 amide bonds. The number of aliphatic hydroxyl groups excluding tert-OH is 1. The number of hydrogen-bond acceptors (Lipinski definition) is 4. The van der Waals surface area contributed by atoms with E-state index in [-0.39, 0.29) is 12.2 Å². The highest BCUT2D eigenvalue weighted by Gasteiger charge is 2.19. The van der Waals surface area contributed by atoms with E-state index in [2.05, 4.69) is 39.2 Å². The minimum atomic E-state index is -1.28. The zero-order valence-corrected chi connectivity index (χ0v) is 19.8. The van der Waals surface area contributed by atoms with Crippen molar-refractivity contribution in [2.75, 3.05) is 20.8 Å². The van der Waals surface area contributed by atoms with Gasteiger partial charge in [0.2, 0.25) is 0 Å². The highest BCUT2D eigenvalue weighted by Crippen LogP contribution is 2.20. The molecule has 0 unspecified atom stereocenters. The summed E-state index contributed by atoms with van der Waals surface area (Å²) in [7, 11) is 2.12. The van der Waals surface area contributed by atoms with E-state index in [4.69, 9.17) is 14.2 Å². The molecule has 0 fully saturated rings. The van der Waals surface area contributed by atoms with E-state index >= 15 is 0 Å². The predicted octanol–water partition coefficient (Wildman–Crippen LogP) is 5.22. The average Bonchev–Trinajstić information content (AvgIpc) is 2.63. The first-order valence-corrected chi connectivity index (χ1v) is 13.8. The van der Waals surface area contributed by atoms with E-state index in [9.17, 15) is 5.11 Å². The highest BCUT2D eigenvalue weighted by molar-refractivity contribution is 6.81. The number of rotatable bonds is 13. The van der Waals surface area contributed by atoms with E-state index in [1.807, 2.05) is 24.3 Å². The molecule has 28 heavy (non-hydrogen) atoms. The summed E-state index contributed by atoms with van der Waals surface area (Å²) in [4.78, 5) is 0. The Kier molecular flexibility index (Phi) is 11.0. The van der Waals surface area contributed by atoms with Gasteiger partial charge in [0.15, 0.2) is 0 Å². The summed E-state index contributed by atoms with van der Waals surface area (Å²) >= 11 is 0. The Bertz CT molecular complexity index is 577. The zero-order chi connectivity index (χ0) is 21.2. The van der Waals surface area contributed by atoms with Crippen molar-refractivity contribution in [1.82, 2.24) is 0 Å². The van der Waals surface area contributed by atoms with E-state index in [0.717, 1.165) is 24.2 Å². The quantitative estimate of drug-likeness (QED) is 0.455. The van der Waals surface area contributed by atoms with Crippen molar-refractivity contribution in [3.8, 4) is 5.75 Å². The lowest BCUT2D eigenvalue weighted by Crippen LogP contribution is -2.25. The first-order valence-electron chi connectivity index (χ1n) is 10.3. The van der Waals surface area contributed by atoms with Crippen LogP contribution in [0.1, 0.15) is 38.7 Å². The molecule has 1 aromatic rings. The van der Waals surface area contributed by atoms with Crippen LogP contribution in [0.5, 0.6) is 5.75 Å². The average molecular weight is 409 g/mol. The number of aliphatic hydroxyl groups is 1. The first-order chi connectivity index (χ1) is 13.1. The van der Waals surface area contributed by atoms with Crippen LogP contribution in [-0.2, 0) is 16.1 Å². The molecule has 0 aliphatic rings. The van der Waals surface area contributed by atoms with Gasteiger partial charge in [-0.15, -0.1) is 0 Å². The Morgan fingerprint density at radius 3 is 2.29 bits per heavy atom. The van der Waals surface area contributed by atoms with Crippen molar-refractivity contribution in [2.24, 2.45) is 5.92 Å². The molecular weight excluding hydrogens is 368 g/mol. The molecule has 0 saturated heterocycles. The molecule has 0 aliphatic carbocycles. The van der Waals surface area contributed by atoms with Crippen LogP contribution in [0.3, 0.4) is 0 Å². The van der Waals surface area contributed by atoms with Crippen molar-refractivity contribution in [1.29, 1.82) is 0 Å². The predicted molar refractivity (Wildman–Crippen MR) is 120 cm³/mol. The summed E-state index contributed by atoms with van der Waals surface area (Å²) in [5, 5.41) is 10.5. The highest BCUT2D eigenvalue weighted by atomic mass is 28.3. The molecule has 160 valence electrons. The third-order valence-corrected chi connectivity index (χ3v) is 6.08. The molecule has 0 aromatic heterocycles. The van der Waals surface area contributed by atoms with Crippen LogP contribution in [0.2, 0.25) is 19.6 Å². The summed E-state index contributed by atoms with van der Waals surface area (Å²) in [6, 6.07) is 7.94. The van der Waals surface area contributed by atoms with Gasteiger partial charge in [-0.1, -0.05) is 50.0 Å². The number of methoxy groups -OCH3 is 2. The molecule has 0 saturated carbocycles. The van der Waals surface area contributed by atoms with Crippen LogP contribution in [0.4, 0.5) is 0 Å². The second-order valence-electron chi connectivity index (χ2n) is 8.91. The van der Waals surface area contributed by atoms with Crippen molar-refractivity contribution >= 4 is 8.07 Å². The van der Waals surface area contributed by atoms with Gasteiger partial charge < -0.3 is 19.3 Å². The molecule has 0 heterocycles. The monoisotopic (exact) mass is 408 g/mol. The minimum absolute atomic E-state index is 0.00310. The maximum Gasteiger partial charge on any atom is 0.118 e. The van der Waals surface area contributed by atoms with Crippen molar-refractivity contribution in [3.05, 3.63) is 41.1 Å². The summed E-state index contributed by atoms with van der Waals surface area (Å²) < 4.78 is 16.6. The first kappa shape index (κ1) is 24.9. The lowest BCUT2D eigenvalue weighted by atomic mass is 9.98. The van der Waals surface area contributed by atoms with Crippen LogP contribution in [-0.4, -0.2) is 46.2 Å². The standard InChI is InChI=1S/C23H40O4Si/c1-18(15-27-16-20-9-12-22(25-3)13-10-20)8-11-21(24)14-23(26-4)19(2)17-28(5,6)7/h9-10,12-13,17-18,21,23-24H,8,11,14-16H2,1-7H3/b19-17+/t18-,21+,23+/m1/s1. The lowest BCUT2D eigenvalue weighted by molar-refractivity contribution is 0.0512. The maximum atomic E-state index is 10.5. The van der Waals surface area contributed by atoms with Gasteiger partial charge in [-0.05, 0) is 43.4 Å². The van der Waals surface area contributed by atoms with Crippen molar-refractivity contribution in [2.45, 2.75) is 71.6 Å². The molecule has 0 aliphatic heterocycles. The van der Waals surface area contributed by atoms with Gasteiger partial charge in [0, 0.05) is 20.1 Å². The van der Waals surface area contributed by atoms with Crippen LogP contribution < -0.4 is 4.74 Å². The second-order valence-corrected chi connectivity index (χ2v) is 13.9. The fourth-order valence-electron chi connectivity index (χ4n) is 3.27. The Labute approximate surface area is 172 Å². The largest absolute Gasteiger partial charge is 0.497 e. The third-order valence-electron chi connectivity index (χ3n) is 4.76. The Hall–Kier alpha value is -1.14. The van der Waals surface area contributed by atoms with Crippen LogP contribution in [0.15, 0.2) is 35.5 Å².